The number of hydrogen-bond acceptors (Lipinski definition) is 6. The zero-order chi connectivity index (χ0) is 23.9. The Labute approximate surface area is 204 Å². The highest BCUT2D eigenvalue weighted by atomic mass is 32.1. The first-order valence-corrected chi connectivity index (χ1v) is 12.5. The maximum Gasteiger partial charge on any atom is 0.261 e. The summed E-state index contributed by atoms with van der Waals surface area (Å²) in [6, 6.07) is 9.16. The molecule has 1 N–H and O–H groups in total. The summed E-state index contributed by atoms with van der Waals surface area (Å²) in [7, 11) is 3.16. The van der Waals surface area contributed by atoms with E-state index in [-0.39, 0.29) is 11.8 Å². The van der Waals surface area contributed by atoms with Crippen molar-refractivity contribution < 1.29 is 19.1 Å². The lowest BCUT2D eigenvalue weighted by atomic mass is 9.91. The molecule has 1 aliphatic rings. The van der Waals surface area contributed by atoms with Gasteiger partial charge in [0.1, 0.15) is 0 Å². The molecule has 4 rings (SSSR count). The molecule has 0 bridgehead atoms. The summed E-state index contributed by atoms with van der Waals surface area (Å²) < 4.78 is 11.6. The van der Waals surface area contributed by atoms with Crippen LogP contribution in [0.3, 0.4) is 0 Å². The van der Waals surface area contributed by atoms with Gasteiger partial charge in [-0.05, 0) is 60.9 Å². The molecule has 0 unspecified atom stereocenters. The van der Waals surface area contributed by atoms with Gasteiger partial charge in [0.25, 0.3) is 11.8 Å². The van der Waals surface area contributed by atoms with Crippen LogP contribution in [0.2, 0.25) is 0 Å². The van der Waals surface area contributed by atoms with Crippen LogP contribution in [-0.4, -0.2) is 55.6 Å². The van der Waals surface area contributed by atoms with Crippen LogP contribution in [0.5, 0.6) is 11.5 Å². The molecule has 7 nitrogen and oxygen atoms in total. The number of benzene rings is 1. The number of unbranched alkanes of at least 4 members (excludes halogenated alkanes) is 1. The number of pyridine rings is 1. The van der Waals surface area contributed by atoms with Gasteiger partial charge in [0.2, 0.25) is 0 Å². The normalized spacial score (nSPS) is 14.2. The Kier molecular flexibility index (Phi) is 8.00. The van der Waals surface area contributed by atoms with E-state index in [0.717, 1.165) is 60.2 Å². The molecule has 3 heterocycles. The van der Waals surface area contributed by atoms with Crippen molar-refractivity contribution in [3.8, 4) is 11.5 Å². The number of hydrogen-bond donors (Lipinski definition) is 1. The molecule has 0 saturated carbocycles. The van der Waals surface area contributed by atoms with E-state index in [1.165, 1.54) is 11.3 Å². The number of carbonyl (C=O) groups is 2. The van der Waals surface area contributed by atoms with Gasteiger partial charge in [0, 0.05) is 37.6 Å². The molecule has 1 saturated heterocycles. The first-order chi connectivity index (χ1) is 16.6. The van der Waals surface area contributed by atoms with Crippen molar-refractivity contribution in [1.82, 2.24) is 15.2 Å². The summed E-state index contributed by atoms with van der Waals surface area (Å²) in [6.07, 6.45) is 8.73. The minimum atomic E-state index is -0.0109. The van der Waals surface area contributed by atoms with Gasteiger partial charge in [-0.3, -0.25) is 14.6 Å². The van der Waals surface area contributed by atoms with Gasteiger partial charge in [-0.1, -0.05) is 12.8 Å². The monoisotopic (exact) mass is 481 g/mol. The van der Waals surface area contributed by atoms with Crippen molar-refractivity contribution in [2.45, 2.75) is 32.1 Å². The van der Waals surface area contributed by atoms with Gasteiger partial charge in [-0.2, -0.15) is 0 Å². The lowest BCUT2D eigenvalue weighted by molar-refractivity contribution is 0.0685. The number of amides is 2. The molecule has 0 spiro atoms. The van der Waals surface area contributed by atoms with Crippen molar-refractivity contribution >= 4 is 33.2 Å². The molecule has 34 heavy (non-hydrogen) atoms. The number of fused-ring (bicyclic) bond motifs is 1. The molecule has 180 valence electrons. The second-order valence-electron chi connectivity index (χ2n) is 8.58. The SMILES string of the molecule is COc1ccc(C(=O)N2CCC(CCCCNC(=O)c3cc4ccncc4s3)CC2)cc1OC. The lowest BCUT2D eigenvalue weighted by Crippen LogP contribution is -2.38. The predicted octanol–water partition coefficient (Wildman–Crippen LogP) is 4.77. The molecule has 0 atom stereocenters. The van der Waals surface area contributed by atoms with E-state index in [1.807, 2.05) is 17.0 Å². The molecular weight excluding hydrogens is 450 g/mol. The highest BCUT2D eigenvalue weighted by Crippen LogP contribution is 2.29. The van der Waals surface area contributed by atoms with E-state index in [1.54, 1.807) is 44.8 Å². The van der Waals surface area contributed by atoms with Crippen LogP contribution >= 0.6 is 11.3 Å². The Morgan fingerprint density at radius 3 is 2.62 bits per heavy atom. The smallest absolute Gasteiger partial charge is 0.261 e. The second kappa shape index (κ2) is 11.3. The molecule has 2 amide bonds. The highest BCUT2D eigenvalue weighted by Gasteiger charge is 2.24. The molecule has 1 aliphatic heterocycles. The van der Waals surface area contributed by atoms with Crippen molar-refractivity contribution in [3.63, 3.8) is 0 Å². The van der Waals surface area contributed by atoms with E-state index in [4.69, 9.17) is 9.47 Å². The summed E-state index contributed by atoms with van der Waals surface area (Å²) in [4.78, 5) is 32.1. The quantitative estimate of drug-likeness (QED) is 0.446. The molecule has 0 radical (unpaired) electrons. The zero-order valence-electron chi connectivity index (χ0n) is 19.7. The van der Waals surface area contributed by atoms with Crippen LogP contribution in [0.15, 0.2) is 42.7 Å². The van der Waals surface area contributed by atoms with E-state index < -0.39 is 0 Å². The second-order valence-corrected chi connectivity index (χ2v) is 9.66. The number of likely N-dealkylation sites (tertiary alicyclic amines) is 1. The molecule has 2 aromatic heterocycles. The maximum atomic E-state index is 12.9. The average molecular weight is 482 g/mol. The van der Waals surface area contributed by atoms with E-state index in [0.29, 0.717) is 29.5 Å². The summed E-state index contributed by atoms with van der Waals surface area (Å²) in [6.45, 7) is 2.23. The van der Waals surface area contributed by atoms with Gasteiger partial charge in [0.05, 0.1) is 23.8 Å². The van der Waals surface area contributed by atoms with Gasteiger partial charge in [-0.25, -0.2) is 0 Å². The number of nitrogens with zero attached hydrogens (tertiary/aromatic N) is 2. The summed E-state index contributed by atoms with van der Waals surface area (Å²) in [5.41, 5.74) is 0.627. The van der Waals surface area contributed by atoms with Crippen molar-refractivity contribution in [2.24, 2.45) is 5.92 Å². The molecule has 0 aliphatic carbocycles. The van der Waals surface area contributed by atoms with E-state index in [2.05, 4.69) is 10.3 Å². The number of thiophene rings is 1. The van der Waals surface area contributed by atoms with Gasteiger partial charge < -0.3 is 19.7 Å². The van der Waals surface area contributed by atoms with Crippen LogP contribution in [0.1, 0.15) is 52.1 Å². The first kappa shape index (κ1) is 24.0. The molecule has 1 fully saturated rings. The fourth-order valence-electron chi connectivity index (χ4n) is 4.42. The van der Waals surface area contributed by atoms with Gasteiger partial charge in [0.15, 0.2) is 11.5 Å². The number of methoxy groups -OCH3 is 2. The van der Waals surface area contributed by atoms with Crippen molar-refractivity contribution in [3.05, 3.63) is 53.2 Å². The fourth-order valence-corrected chi connectivity index (χ4v) is 5.37. The van der Waals surface area contributed by atoms with Crippen LogP contribution < -0.4 is 14.8 Å². The number of rotatable bonds is 9. The lowest BCUT2D eigenvalue weighted by Gasteiger charge is -2.32. The zero-order valence-corrected chi connectivity index (χ0v) is 20.5. The third-order valence-corrected chi connectivity index (χ3v) is 7.49. The third kappa shape index (κ3) is 5.67. The summed E-state index contributed by atoms with van der Waals surface area (Å²) in [5.74, 6) is 1.84. The number of nitrogens with one attached hydrogen (secondary N) is 1. The minimum absolute atomic E-state index is 0.0109. The first-order valence-electron chi connectivity index (χ1n) is 11.7. The van der Waals surface area contributed by atoms with Crippen molar-refractivity contribution in [2.75, 3.05) is 33.9 Å². The van der Waals surface area contributed by atoms with Crippen LogP contribution in [0.25, 0.3) is 10.1 Å². The van der Waals surface area contributed by atoms with Crippen LogP contribution in [0.4, 0.5) is 0 Å². The highest BCUT2D eigenvalue weighted by molar-refractivity contribution is 7.20. The van der Waals surface area contributed by atoms with Gasteiger partial charge in [-0.15, -0.1) is 11.3 Å². The molecular formula is C26H31N3O4S. The predicted molar refractivity (Wildman–Crippen MR) is 134 cm³/mol. The standard InChI is InChI=1S/C26H31N3O4S/c1-32-21-7-6-20(15-22(21)33-2)26(31)29-13-9-18(10-14-29)5-3-4-11-28-25(30)23-16-19-8-12-27-17-24(19)34-23/h6-8,12,15-18H,3-5,9-11,13-14H2,1-2H3,(H,28,30). The Morgan fingerprint density at radius 2 is 1.88 bits per heavy atom. The largest absolute Gasteiger partial charge is 0.493 e. The van der Waals surface area contributed by atoms with Crippen molar-refractivity contribution in [1.29, 1.82) is 0 Å². The third-order valence-electron chi connectivity index (χ3n) is 6.40. The fraction of sp³-hybridized carbons (Fsp3) is 0.423. The number of aromatic nitrogens is 1. The molecule has 1 aromatic carbocycles. The average Bonchev–Trinajstić information content (AvgIpc) is 3.32. The topological polar surface area (TPSA) is 80.8 Å². The number of carbonyl (C=O) groups excluding carboxylic acids is 2. The van der Waals surface area contributed by atoms with Gasteiger partial charge >= 0.3 is 0 Å². The summed E-state index contributed by atoms with van der Waals surface area (Å²) >= 11 is 1.48. The number of ether oxygens (including phenoxy) is 2. The Balaban J connectivity index is 1.15. The Hall–Kier alpha value is -3.13. The maximum absolute atomic E-state index is 12.9. The van der Waals surface area contributed by atoms with E-state index in [9.17, 15) is 9.59 Å². The van der Waals surface area contributed by atoms with E-state index >= 15 is 0 Å². The number of piperidine rings is 1. The Morgan fingerprint density at radius 1 is 1.09 bits per heavy atom. The molecule has 8 heteroatoms. The minimum Gasteiger partial charge on any atom is -0.493 e. The molecule has 3 aromatic rings. The Bertz CT molecular complexity index is 1110. The summed E-state index contributed by atoms with van der Waals surface area (Å²) in [5, 5.41) is 4.09. The van der Waals surface area contributed by atoms with Crippen LogP contribution in [0, 0.1) is 5.92 Å². The van der Waals surface area contributed by atoms with Crippen LogP contribution in [-0.2, 0) is 0 Å².